The second-order valence-corrected chi connectivity index (χ2v) is 4.76. The summed E-state index contributed by atoms with van der Waals surface area (Å²) >= 11 is 9.24. The quantitative estimate of drug-likeness (QED) is 0.926. The van der Waals surface area contributed by atoms with Crippen LogP contribution in [0.3, 0.4) is 0 Å². The molecule has 1 N–H and O–H groups in total. The number of hydrogen-bond donors (Lipinski definition) is 1. The maximum Gasteiger partial charge on any atom is 0.166 e. The van der Waals surface area contributed by atoms with E-state index < -0.39 is 6.10 Å². The van der Waals surface area contributed by atoms with Gasteiger partial charge in [-0.15, -0.1) is 10.2 Å². The van der Waals surface area contributed by atoms with Gasteiger partial charge in [-0.25, -0.2) is 0 Å². The number of nitrogens with zero attached hydrogens (tertiary/aromatic N) is 3. The van der Waals surface area contributed by atoms with E-state index in [-0.39, 0.29) is 0 Å². The van der Waals surface area contributed by atoms with E-state index in [9.17, 15) is 5.11 Å². The summed E-state index contributed by atoms with van der Waals surface area (Å²) in [6, 6.07) is 5.26. The number of halogens is 2. The van der Waals surface area contributed by atoms with Gasteiger partial charge in [0.15, 0.2) is 5.82 Å². The Labute approximate surface area is 106 Å². The monoisotopic (exact) mass is 301 g/mol. The normalized spacial score (nSPS) is 12.8. The molecule has 0 aliphatic carbocycles. The average Bonchev–Trinajstić information content (AvgIpc) is 2.62. The van der Waals surface area contributed by atoms with Crippen LogP contribution in [0.5, 0.6) is 0 Å². The molecule has 0 amide bonds. The molecule has 2 aromatic rings. The highest BCUT2D eigenvalue weighted by Crippen LogP contribution is 2.26. The molecule has 0 spiro atoms. The summed E-state index contributed by atoms with van der Waals surface area (Å²) in [6.07, 6.45) is 0.709. The molecule has 0 saturated carbocycles. The Bertz CT molecular complexity index is 494. The number of benzene rings is 1. The van der Waals surface area contributed by atoms with E-state index in [0.29, 0.717) is 16.4 Å². The van der Waals surface area contributed by atoms with Gasteiger partial charge in [-0.3, -0.25) is 0 Å². The molecular weight excluding hydrogens is 293 g/mol. The highest BCUT2D eigenvalue weighted by atomic mass is 79.9. The molecule has 1 heterocycles. The zero-order valence-corrected chi connectivity index (χ0v) is 10.8. The zero-order chi connectivity index (χ0) is 11.7. The SMILES string of the molecule is Cn1cnnc1C(O)c1cc(Cl)cc(Br)c1. The van der Waals surface area contributed by atoms with Gasteiger partial charge in [0.1, 0.15) is 12.4 Å². The van der Waals surface area contributed by atoms with Gasteiger partial charge in [0.2, 0.25) is 0 Å². The van der Waals surface area contributed by atoms with Crippen molar-refractivity contribution in [3.8, 4) is 0 Å². The minimum atomic E-state index is -0.831. The number of aliphatic hydroxyl groups is 1. The lowest BCUT2D eigenvalue weighted by molar-refractivity contribution is 0.205. The molecule has 0 bridgehead atoms. The minimum absolute atomic E-state index is 0.481. The molecule has 4 nitrogen and oxygen atoms in total. The van der Waals surface area contributed by atoms with Crippen LogP contribution in [-0.4, -0.2) is 19.9 Å². The number of rotatable bonds is 2. The van der Waals surface area contributed by atoms with Crippen LogP contribution in [0, 0.1) is 0 Å². The van der Waals surface area contributed by atoms with E-state index in [2.05, 4.69) is 26.1 Å². The number of aryl methyl sites for hydroxylation is 1. The summed E-state index contributed by atoms with van der Waals surface area (Å²) in [5.41, 5.74) is 0.676. The van der Waals surface area contributed by atoms with Crippen molar-refractivity contribution in [2.75, 3.05) is 0 Å². The highest BCUT2D eigenvalue weighted by Gasteiger charge is 2.16. The molecule has 0 aliphatic heterocycles. The Balaban J connectivity index is 2.41. The van der Waals surface area contributed by atoms with E-state index in [1.54, 1.807) is 29.8 Å². The Hall–Kier alpha value is -0.910. The molecule has 0 fully saturated rings. The van der Waals surface area contributed by atoms with Gasteiger partial charge in [-0.1, -0.05) is 27.5 Å². The van der Waals surface area contributed by atoms with Crippen LogP contribution in [0.2, 0.25) is 5.02 Å². The van der Waals surface area contributed by atoms with Gasteiger partial charge in [-0.2, -0.15) is 0 Å². The first kappa shape index (κ1) is 11.6. The second kappa shape index (κ2) is 4.53. The molecule has 1 aromatic heterocycles. The first-order valence-electron chi connectivity index (χ1n) is 4.56. The van der Waals surface area contributed by atoms with Crippen LogP contribution < -0.4 is 0 Å². The minimum Gasteiger partial charge on any atom is -0.380 e. The number of hydrogen-bond acceptors (Lipinski definition) is 3. The molecule has 6 heteroatoms. The largest absolute Gasteiger partial charge is 0.380 e. The van der Waals surface area contributed by atoms with Crippen molar-refractivity contribution in [1.29, 1.82) is 0 Å². The summed E-state index contributed by atoms with van der Waals surface area (Å²) in [5, 5.41) is 18.2. The van der Waals surface area contributed by atoms with Gasteiger partial charge in [0, 0.05) is 16.5 Å². The van der Waals surface area contributed by atoms with E-state index >= 15 is 0 Å². The van der Waals surface area contributed by atoms with E-state index in [4.69, 9.17) is 11.6 Å². The summed E-state index contributed by atoms with van der Waals surface area (Å²) in [7, 11) is 1.78. The maximum absolute atomic E-state index is 10.1. The molecule has 1 unspecified atom stereocenters. The lowest BCUT2D eigenvalue weighted by Crippen LogP contribution is -2.07. The standard InChI is InChI=1S/C10H9BrClN3O/c1-15-5-13-14-10(15)9(16)6-2-7(11)4-8(12)3-6/h2-5,9,16H,1H3. The molecular formula is C10H9BrClN3O. The van der Waals surface area contributed by atoms with Crippen LogP contribution >= 0.6 is 27.5 Å². The van der Waals surface area contributed by atoms with Gasteiger partial charge in [0.05, 0.1) is 0 Å². The lowest BCUT2D eigenvalue weighted by Gasteiger charge is -2.10. The van der Waals surface area contributed by atoms with Crippen LogP contribution in [0.25, 0.3) is 0 Å². The van der Waals surface area contributed by atoms with Crippen molar-refractivity contribution in [3.63, 3.8) is 0 Å². The van der Waals surface area contributed by atoms with Crippen molar-refractivity contribution < 1.29 is 5.11 Å². The third-order valence-corrected chi connectivity index (χ3v) is 2.87. The Morgan fingerprint density at radius 3 is 2.75 bits per heavy atom. The Morgan fingerprint density at radius 2 is 2.19 bits per heavy atom. The summed E-state index contributed by atoms with van der Waals surface area (Å²) in [4.78, 5) is 0. The first-order valence-corrected chi connectivity index (χ1v) is 5.73. The first-order chi connectivity index (χ1) is 7.58. The predicted molar refractivity (Wildman–Crippen MR) is 64.2 cm³/mol. The van der Waals surface area contributed by atoms with Gasteiger partial charge in [-0.05, 0) is 23.8 Å². The average molecular weight is 303 g/mol. The number of aromatic nitrogens is 3. The van der Waals surface area contributed by atoms with E-state index in [1.807, 2.05) is 0 Å². The fourth-order valence-corrected chi connectivity index (χ4v) is 2.31. The summed E-state index contributed by atoms with van der Waals surface area (Å²) < 4.78 is 2.48. The van der Waals surface area contributed by atoms with Crippen molar-refractivity contribution in [2.45, 2.75) is 6.10 Å². The van der Waals surface area contributed by atoms with Gasteiger partial charge >= 0.3 is 0 Å². The molecule has 0 aliphatic rings. The lowest BCUT2D eigenvalue weighted by atomic mass is 10.1. The maximum atomic E-state index is 10.1. The zero-order valence-electron chi connectivity index (χ0n) is 8.43. The van der Waals surface area contributed by atoms with Gasteiger partial charge in [0.25, 0.3) is 0 Å². The molecule has 1 atom stereocenters. The summed E-state index contributed by atoms with van der Waals surface area (Å²) in [5.74, 6) is 0.481. The third kappa shape index (κ3) is 2.26. The van der Waals surface area contributed by atoms with Crippen LogP contribution in [0.4, 0.5) is 0 Å². The van der Waals surface area contributed by atoms with Crippen LogP contribution in [0.1, 0.15) is 17.5 Å². The van der Waals surface area contributed by atoms with Crippen molar-refractivity contribution >= 4 is 27.5 Å². The molecule has 84 valence electrons. The predicted octanol–water partition coefficient (Wildman–Crippen LogP) is 2.31. The van der Waals surface area contributed by atoms with E-state index in [0.717, 1.165) is 4.47 Å². The molecule has 0 radical (unpaired) electrons. The highest BCUT2D eigenvalue weighted by molar-refractivity contribution is 9.10. The Kier molecular flexibility index (Phi) is 3.28. The van der Waals surface area contributed by atoms with Crippen molar-refractivity contribution in [1.82, 2.24) is 14.8 Å². The second-order valence-electron chi connectivity index (χ2n) is 3.41. The van der Waals surface area contributed by atoms with Crippen molar-refractivity contribution in [3.05, 3.63) is 45.4 Å². The third-order valence-electron chi connectivity index (χ3n) is 2.19. The van der Waals surface area contributed by atoms with Crippen LogP contribution in [-0.2, 0) is 7.05 Å². The van der Waals surface area contributed by atoms with Crippen molar-refractivity contribution in [2.24, 2.45) is 7.05 Å². The van der Waals surface area contributed by atoms with Crippen LogP contribution in [0.15, 0.2) is 29.0 Å². The van der Waals surface area contributed by atoms with Gasteiger partial charge < -0.3 is 9.67 Å². The van der Waals surface area contributed by atoms with E-state index in [1.165, 1.54) is 6.33 Å². The summed E-state index contributed by atoms with van der Waals surface area (Å²) in [6.45, 7) is 0. The molecule has 1 aromatic carbocycles. The smallest absolute Gasteiger partial charge is 0.166 e. The molecule has 0 saturated heterocycles. The molecule has 16 heavy (non-hydrogen) atoms. The fourth-order valence-electron chi connectivity index (χ4n) is 1.42. The molecule has 2 rings (SSSR count). The Morgan fingerprint density at radius 1 is 1.44 bits per heavy atom. The fraction of sp³-hybridized carbons (Fsp3) is 0.200. The number of aliphatic hydroxyl groups excluding tert-OH is 1. The topological polar surface area (TPSA) is 50.9 Å².